The van der Waals surface area contributed by atoms with Gasteiger partial charge in [-0.05, 0) is 35.4 Å². The lowest BCUT2D eigenvalue weighted by molar-refractivity contribution is 0.112. The van der Waals surface area contributed by atoms with Crippen LogP contribution in [0.2, 0.25) is 20.1 Å². The van der Waals surface area contributed by atoms with Crippen LogP contribution in [0.15, 0.2) is 30.3 Å². The Bertz CT molecular complexity index is 599. The molecule has 0 N–H and O–H groups in total. The van der Waals surface area contributed by atoms with E-state index in [2.05, 4.69) is 0 Å². The van der Waals surface area contributed by atoms with Crippen LogP contribution in [0.4, 0.5) is 0 Å². The number of hydrogen-bond donors (Lipinski definition) is 0. The summed E-state index contributed by atoms with van der Waals surface area (Å²) in [5.41, 5.74) is 1.98. The standard InChI is InChI=1S/C13H6Cl4O/c14-10-2-1-7(3-9(10)6-18)8-4-11(15)13(17)12(16)5-8/h1-6H. The summed E-state index contributed by atoms with van der Waals surface area (Å²) in [6.07, 6.45) is 0.699. The minimum Gasteiger partial charge on any atom is -0.298 e. The Kier molecular flexibility index (Phi) is 4.18. The number of carbonyl (C=O) groups is 1. The summed E-state index contributed by atoms with van der Waals surface area (Å²) >= 11 is 23.7. The first-order valence-electron chi connectivity index (χ1n) is 4.92. The van der Waals surface area contributed by atoms with Gasteiger partial charge in [0.2, 0.25) is 0 Å². The maximum absolute atomic E-state index is 10.8. The molecule has 0 bridgehead atoms. The third kappa shape index (κ3) is 2.65. The highest BCUT2D eigenvalue weighted by Crippen LogP contribution is 2.35. The molecule has 2 aromatic carbocycles. The fourth-order valence-corrected chi connectivity index (χ4v) is 2.29. The van der Waals surface area contributed by atoms with Crippen LogP contribution < -0.4 is 0 Å². The van der Waals surface area contributed by atoms with Crippen molar-refractivity contribution in [3.05, 3.63) is 56.0 Å². The third-order valence-electron chi connectivity index (χ3n) is 2.44. The highest BCUT2D eigenvalue weighted by atomic mass is 35.5. The molecule has 0 atom stereocenters. The summed E-state index contributed by atoms with van der Waals surface area (Å²) in [6.45, 7) is 0. The van der Waals surface area contributed by atoms with E-state index in [0.717, 1.165) is 11.1 Å². The van der Waals surface area contributed by atoms with Crippen molar-refractivity contribution in [3.63, 3.8) is 0 Å². The Morgan fingerprint density at radius 2 is 1.39 bits per heavy atom. The molecule has 92 valence electrons. The van der Waals surface area contributed by atoms with E-state index in [9.17, 15) is 4.79 Å². The zero-order chi connectivity index (χ0) is 13.3. The molecule has 1 nitrogen and oxygen atoms in total. The lowest BCUT2D eigenvalue weighted by Gasteiger charge is -2.07. The van der Waals surface area contributed by atoms with Gasteiger partial charge in [-0.25, -0.2) is 0 Å². The number of benzene rings is 2. The molecule has 5 heteroatoms. The number of hydrogen-bond acceptors (Lipinski definition) is 1. The van der Waals surface area contributed by atoms with Gasteiger partial charge in [-0.3, -0.25) is 4.79 Å². The molecule has 2 aromatic rings. The second kappa shape index (κ2) is 5.50. The molecule has 0 aliphatic heterocycles. The number of carbonyl (C=O) groups excluding carboxylic acids is 1. The number of halogens is 4. The smallest absolute Gasteiger partial charge is 0.151 e. The normalized spacial score (nSPS) is 10.4. The molecule has 0 unspecified atom stereocenters. The summed E-state index contributed by atoms with van der Waals surface area (Å²) in [5, 5.41) is 1.44. The molecular weight excluding hydrogens is 314 g/mol. The third-order valence-corrected chi connectivity index (χ3v) is 3.98. The van der Waals surface area contributed by atoms with Crippen LogP contribution in [0.1, 0.15) is 10.4 Å². The van der Waals surface area contributed by atoms with Crippen molar-refractivity contribution in [1.82, 2.24) is 0 Å². The molecule has 2 rings (SSSR count). The maximum atomic E-state index is 10.8. The number of aldehydes is 1. The Hall–Kier alpha value is -0.730. The van der Waals surface area contributed by atoms with Crippen LogP contribution in [0, 0.1) is 0 Å². The molecule has 0 saturated heterocycles. The SMILES string of the molecule is O=Cc1cc(-c2cc(Cl)c(Cl)c(Cl)c2)ccc1Cl. The molecular formula is C13H6Cl4O. The molecule has 0 aliphatic rings. The van der Waals surface area contributed by atoms with E-state index < -0.39 is 0 Å². The summed E-state index contributed by atoms with van der Waals surface area (Å²) in [6, 6.07) is 8.48. The van der Waals surface area contributed by atoms with Gasteiger partial charge in [0, 0.05) is 5.56 Å². The van der Waals surface area contributed by atoms with Crippen LogP contribution in [0.3, 0.4) is 0 Å². The monoisotopic (exact) mass is 318 g/mol. The summed E-state index contributed by atoms with van der Waals surface area (Å²) in [4.78, 5) is 10.8. The van der Waals surface area contributed by atoms with Gasteiger partial charge in [0.25, 0.3) is 0 Å². The van der Waals surface area contributed by atoms with Crippen molar-refractivity contribution in [2.45, 2.75) is 0 Å². The van der Waals surface area contributed by atoms with Gasteiger partial charge in [0.05, 0.1) is 20.1 Å². The molecule has 0 radical (unpaired) electrons. The van der Waals surface area contributed by atoms with Gasteiger partial charge >= 0.3 is 0 Å². The summed E-state index contributed by atoms with van der Waals surface area (Å²) in [7, 11) is 0. The topological polar surface area (TPSA) is 17.1 Å². The Morgan fingerprint density at radius 1 is 0.778 bits per heavy atom. The van der Waals surface area contributed by atoms with Crippen molar-refractivity contribution >= 4 is 52.7 Å². The molecule has 0 amide bonds. The first kappa shape index (κ1) is 13.7. The van der Waals surface area contributed by atoms with Gasteiger partial charge < -0.3 is 0 Å². The maximum Gasteiger partial charge on any atom is 0.151 e. The fraction of sp³-hybridized carbons (Fsp3) is 0. The second-order valence-electron chi connectivity index (χ2n) is 3.61. The predicted molar refractivity (Wildman–Crippen MR) is 77.3 cm³/mol. The predicted octanol–water partition coefficient (Wildman–Crippen LogP) is 5.78. The van der Waals surface area contributed by atoms with Crippen LogP contribution in [-0.2, 0) is 0 Å². The van der Waals surface area contributed by atoms with Gasteiger partial charge in [0.15, 0.2) is 6.29 Å². The van der Waals surface area contributed by atoms with E-state index in [-0.39, 0.29) is 0 Å². The molecule has 18 heavy (non-hydrogen) atoms. The van der Waals surface area contributed by atoms with E-state index >= 15 is 0 Å². The van der Waals surface area contributed by atoms with Crippen LogP contribution in [0.25, 0.3) is 11.1 Å². The first-order chi connectivity index (χ1) is 8.52. The van der Waals surface area contributed by atoms with E-state index in [1.165, 1.54) is 0 Å². The highest BCUT2D eigenvalue weighted by Gasteiger charge is 2.09. The largest absolute Gasteiger partial charge is 0.298 e. The fourth-order valence-electron chi connectivity index (χ4n) is 1.54. The van der Waals surface area contributed by atoms with Crippen molar-refractivity contribution in [2.75, 3.05) is 0 Å². The van der Waals surface area contributed by atoms with Gasteiger partial charge in [-0.1, -0.05) is 52.5 Å². The summed E-state index contributed by atoms with van der Waals surface area (Å²) < 4.78 is 0. The highest BCUT2D eigenvalue weighted by molar-refractivity contribution is 6.48. The van der Waals surface area contributed by atoms with Gasteiger partial charge in [0.1, 0.15) is 0 Å². The Morgan fingerprint density at radius 3 is 1.94 bits per heavy atom. The van der Waals surface area contributed by atoms with Crippen LogP contribution in [0.5, 0.6) is 0 Å². The Labute approximate surface area is 124 Å². The van der Waals surface area contributed by atoms with E-state index in [1.807, 2.05) is 0 Å². The van der Waals surface area contributed by atoms with Gasteiger partial charge in [-0.2, -0.15) is 0 Å². The summed E-state index contributed by atoms with van der Waals surface area (Å²) in [5.74, 6) is 0. The van der Waals surface area contributed by atoms with E-state index in [1.54, 1.807) is 30.3 Å². The Balaban J connectivity index is 2.58. The molecule has 0 aliphatic carbocycles. The van der Waals surface area contributed by atoms with Crippen molar-refractivity contribution in [2.24, 2.45) is 0 Å². The average Bonchev–Trinajstić information content (AvgIpc) is 2.36. The zero-order valence-corrected chi connectivity index (χ0v) is 11.9. The second-order valence-corrected chi connectivity index (χ2v) is 5.21. The van der Waals surface area contributed by atoms with E-state index in [0.29, 0.717) is 31.9 Å². The number of rotatable bonds is 2. The lowest BCUT2D eigenvalue weighted by Crippen LogP contribution is -1.85. The molecule has 0 saturated carbocycles. The van der Waals surface area contributed by atoms with Gasteiger partial charge in [-0.15, -0.1) is 0 Å². The molecule has 0 fully saturated rings. The van der Waals surface area contributed by atoms with E-state index in [4.69, 9.17) is 46.4 Å². The van der Waals surface area contributed by atoms with Crippen LogP contribution in [-0.4, -0.2) is 6.29 Å². The van der Waals surface area contributed by atoms with Crippen molar-refractivity contribution < 1.29 is 4.79 Å². The molecule has 0 heterocycles. The molecule has 0 aromatic heterocycles. The minimum absolute atomic E-state index is 0.312. The first-order valence-corrected chi connectivity index (χ1v) is 6.43. The van der Waals surface area contributed by atoms with Crippen molar-refractivity contribution in [1.29, 1.82) is 0 Å². The minimum atomic E-state index is 0.312. The zero-order valence-electron chi connectivity index (χ0n) is 8.88. The molecule has 0 spiro atoms. The lowest BCUT2D eigenvalue weighted by atomic mass is 10.0. The van der Waals surface area contributed by atoms with Crippen molar-refractivity contribution in [3.8, 4) is 11.1 Å². The average molecular weight is 320 g/mol. The van der Waals surface area contributed by atoms with Crippen LogP contribution >= 0.6 is 46.4 Å². The quantitative estimate of drug-likeness (QED) is 0.506.